The summed E-state index contributed by atoms with van der Waals surface area (Å²) in [6.45, 7) is 0. The van der Waals surface area contributed by atoms with Crippen molar-refractivity contribution < 1.29 is 39.5 Å². The van der Waals surface area contributed by atoms with Crippen molar-refractivity contribution in [2.45, 2.75) is 0 Å². The van der Waals surface area contributed by atoms with E-state index in [1.165, 1.54) is 0 Å². The van der Waals surface area contributed by atoms with E-state index in [0.29, 0.717) is 11.8 Å². The molecule has 0 fully saturated rings. The van der Waals surface area contributed by atoms with Crippen molar-refractivity contribution in [3.8, 4) is 0 Å². The van der Waals surface area contributed by atoms with Crippen molar-refractivity contribution in [1.82, 2.24) is 0 Å². The molecule has 0 aromatic heterocycles. The van der Waals surface area contributed by atoms with E-state index >= 15 is 0 Å². The standard InChI is InChI=1S/C9H8O2.Na/c10-7-6-9(11)8-4-2-1-3-5-8;/h1-7,10H;/q;+1/p-1. The van der Waals surface area contributed by atoms with Gasteiger partial charge in [-0.2, -0.15) is 0 Å². The van der Waals surface area contributed by atoms with Crippen LogP contribution in [0.3, 0.4) is 0 Å². The van der Waals surface area contributed by atoms with E-state index in [1.54, 1.807) is 24.3 Å². The summed E-state index contributed by atoms with van der Waals surface area (Å²) in [5, 5.41) is 9.91. The number of hydrogen-bond acceptors (Lipinski definition) is 2. The van der Waals surface area contributed by atoms with E-state index in [2.05, 4.69) is 0 Å². The van der Waals surface area contributed by atoms with Gasteiger partial charge < -0.3 is 5.11 Å². The van der Waals surface area contributed by atoms with Crippen LogP contribution < -0.4 is 34.7 Å². The van der Waals surface area contributed by atoms with Crippen LogP contribution in [0.2, 0.25) is 0 Å². The smallest absolute Gasteiger partial charge is 0.878 e. The normalized spacial score (nSPS) is 9.33. The number of hydrogen-bond donors (Lipinski definition) is 0. The fraction of sp³-hybridized carbons (Fsp3) is 0. The zero-order valence-corrected chi connectivity index (χ0v) is 8.86. The average molecular weight is 170 g/mol. The molecule has 12 heavy (non-hydrogen) atoms. The maximum Gasteiger partial charge on any atom is 1.00 e. The zero-order valence-electron chi connectivity index (χ0n) is 6.86. The summed E-state index contributed by atoms with van der Waals surface area (Å²) in [5.74, 6) is -0.249. The molecule has 2 nitrogen and oxygen atoms in total. The largest absolute Gasteiger partial charge is 1.00 e. The average Bonchev–Trinajstić information content (AvgIpc) is 2.07. The Morgan fingerprint density at radius 1 is 1.25 bits per heavy atom. The molecule has 0 bridgehead atoms. The number of carbonyl (C=O) groups excluding carboxylic acids is 1. The molecule has 0 saturated carbocycles. The van der Waals surface area contributed by atoms with Gasteiger partial charge in [-0.1, -0.05) is 30.3 Å². The van der Waals surface area contributed by atoms with Gasteiger partial charge >= 0.3 is 29.6 Å². The Balaban J connectivity index is 0.00000121. The molecule has 0 atom stereocenters. The van der Waals surface area contributed by atoms with E-state index in [-0.39, 0.29) is 35.3 Å². The van der Waals surface area contributed by atoms with Crippen LogP contribution in [0.4, 0.5) is 0 Å². The molecular formula is C9H7NaO2. The monoisotopic (exact) mass is 170 g/mol. The number of rotatable bonds is 2. The predicted molar refractivity (Wildman–Crippen MR) is 39.9 cm³/mol. The number of ketones is 1. The van der Waals surface area contributed by atoms with Crippen molar-refractivity contribution in [1.29, 1.82) is 0 Å². The van der Waals surface area contributed by atoms with Gasteiger partial charge in [-0.15, -0.1) is 6.26 Å². The third-order valence-corrected chi connectivity index (χ3v) is 1.28. The minimum atomic E-state index is -0.249. The maximum absolute atomic E-state index is 11.0. The van der Waals surface area contributed by atoms with Gasteiger partial charge in [0.1, 0.15) is 0 Å². The molecule has 56 valence electrons. The van der Waals surface area contributed by atoms with Crippen molar-refractivity contribution in [2.75, 3.05) is 0 Å². The molecule has 0 heterocycles. The second-order valence-corrected chi connectivity index (χ2v) is 2.03. The Kier molecular flexibility index (Phi) is 5.72. The fourth-order valence-electron chi connectivity index (χ4n) is 0.760. The van der Waals surface area contributed by atoms with Crippen LogP contribution in [0, 0.1) is 0 Å². The third-order valence-electron chi connectivity index (χ3n) is 1.28. The summed E-state index contributed by atoms with van der Waals surface area (Å²) in [5.41, 5.74) is 0.541. The topological polar surface area (TPSA) is 40.1 Å². The Bertz CT molecular complexity index is 267. The summed E-state index contributed by atoms with van der Waals surface area (Å²) >= 11 is 0. The van der Waals surface area contributed by atoms with E-state index < -0.39 is 0 Å². The summed E-state index contributed by atoms with van der Waals surface area (Å²) in [7, 11) is 0. The zero-order chi connectivity index (χ0) is 8.10. The summed E-state index contributed by atoms with van der Waals surface area (Å²) < 4.78 is 0. The molecule has 0 radical (unpaired) electrons. The molecule has 0 aliphatic rings. The van der Waals surface area contributed by atoms with E-state index in [1.807, 2.05) is 6.07 Å². The Hall–Kier alpha value is -0.570. The van der Waals surface area contributed by atoms with Crippen molar-refractivity contribution in [2.24, 2.45) is 0 Å². The second-order valence-electron chi connectivity index (χ2n) is 2.03. The molecule has 0 aliphatic heterocycles. The Morgan fingerprint density at radius 2 is 1.83 bits per heavy atom. The van der Waals surface area contributed by atoms with Gasteiger partial charge in [0.2, 0.25) is 0 Å². The molecule has 0 spiro atoms. The fourth-order valence-corrected chi connectivity index (χ4v) is 0.760. The first kappa shape index (κ1) is 11.4. The molecule has 0 unspecified atom stereocenters. The number of allylic oxidation sites excluding steroid dienone is 1. The molecule has 0 saturated heterocycles. The first-order chi connectivity index (χ1) is 5.34. The summed E-state index contributed by atoms with van der Waals surface area (Å²) in [6, 6.07) is 8.67. The molecule has 0 amide bonds. The van der Waals surface area contributed by atoms with Crippen LogP contribution in [0.1, 0.15) is 10.4 Å². The van der Waals surface area contributed by atoms with Crippen LogP contribution in [0.15, 0.2) is 42.7 Å². The minimum absolute atomic E-state index is 0. The molecule has 3 heteroatoms. The van der Waals surface area contributed by atoms with E-state index in [9.17, 15) is 9.90 Å². The minimum Gasteiger partial charge on any atom is -0.878 e. The Morgan fingerprint density at radius 3 is 2.33 bits per heavy atom. The van der Waals surface area contributed by atoms with Gasteiger partial charge in [0.05, 0.1) is 0 Å². The summed E-state index contributed by atoms with van der Waals surface area (Å²) in [4.78, 5) is 11.0. The van der Waals surface area contributed by atoms with Gasteiger partial charge in [0.15, 0.2) is 5.78 Å². The molecular weight excluding hydrogens is 163 g/mol. The van der Waals surface area contributed by atoms with Crippen LogP contribution in [-0.4, -0.2) is 5.78 Å². The first-order valence-electron chi connectivity index (χ1n) is 3.22. The van der Waals surface area contributed by atoms with Crippen molar-refractivity contribution in [3.63, 3.8) is 0 Å². The van der Waals surface area contributed by atoms with Crippen molar-refractivity contribution >= 4 is 5.78 Å². The van der Waals surface area contributed by atoms with Gasteiger partial charge in [-0.05, 0) is 6.08 Å². The van der Waals surface area contributed by atoms with E-state index in [0.717, 1.165) is 6.08 Å². The van der Waals surface area contributed by atoms with Crippen molar-refractivity contribution in [3.05, 3.63) is 48.2 Å². The molecule has 1 rings (SSSR count). The van der Waals surface area contributed by atoms with Crippen LogP contribution >= 0.6 is 0 Å². The van der Waals surface area contributed by atoms with Crippen LogP contribution in [-0.2, 0) is 0 Å². The maximum atomic E-state index is 11.0. The first-order valence-corrected chi connectivity index (χ1v) is 3.22. The predicted octanol–water partition coefficient (Wildman–Crippen LogP) is -2.25. The van der Waals surface area contributed by atoms with Crippen LogP contribution in [0.5, 0.6) is 0 Å². The third kappa shape index (κ3) is 3.22. The van der Waals surface area contributed by atoms with Gasteiger partial charge in [-0.3, -0.25) is 4.79 Å². The van der Waals surface area contributed by atoms with Gasteiger partial charge in [0, 0.05) is 5.56 Å². The molecule has 1 aromatic rings. The number of benzene rings is 1. The molecule has 0 aliphatic carbocycles. The second kappa shape index (κ2) is 6.00. The SMILES string of the molecule is O=C(C=C[O-])c1ccccc1.[Na+]. The van der Waals surface area contributed by atoms with Crippen LogP contribution in [0.25, 0.3) is 0 Å². The molecule has 0 N–H and O–H groups in total. The quantitative estimate of drug-likeness (QED) is 0.218. The van der Waals surface area contributed by atoms with E-state index in [4.69, 9.17) is 0 Å². The molecule has 1 aromatic carbocycles. The summed E-state index contributed by atoms with van der Waals surface area (Å²) in [6.07, 6.45) is 1.50. The number of carbonyl (C=O) groups is 1. The van der Waals surface area contributed by atoms with Gasteiger partial charge in [0.25, 0.3) is 0 Å². The Labute approximate surface area is 93.2 Å². The van der Waals surface area contributed by atoms with Gasteiger partial charge in [-0.25, -0.2) is 0 Å².